The SMILES string of the molecule is Cc1cc([C@@H]2[C@H](c3ccccn3)NC(=S)N2c2ccc(N3CCC(C)CC3)c(Cl)c2)c(C)n1-c1cccc(C(F)(F)F)c1. The quantitative estimate of drug-likeness (QED) is 0.225. The maximum absolute atomic E-state index is 13.6. The number of benzene rings is 2. The van der Waals surface area contributed by atoms with Gasteiger partial charge in [-0.2, -0.15) is 13.2 Å². The van der Waals surface area contributed by atoms with Gasteiger partial charge in [-0.1, -0.05) is 30.7 Å². The van der Waals surface area contributed by atoms with E-state index in [-0.39, 0.29) is 12.1 Å². The highest BCUT2D eigenvalue weighted by Gasteiger charge is 2.42. The van der Waals surface area contributed by atoms with E-state index in [0.29, 0.717) is 21.7 Å². The number of nitrogens with one attached hydrogen (secondary N) is 1. The Morgan fingerprint density at radius 3 is 2.40 bits per heavy atom. The van der Waals surface area contributed by atoms with E-state index in [1.807, 2.05) is 54.8 Å². The topological polar surface area (TPSA) is 36.3 Å². The van der Waals surface area contributed by atoms with Crippen LogP contribution in [0.25, 0.3) is 5.69 Å². The van der Waals surface area contributed by atoms with Gasteiger partial charge >= 0.3 is 6.18 Å². The molecule has 2 aliphatic rings. The molecule has 5 nitrogen and oxygen atoms in total. The molecule has 0 radical (unpaired) electrons. The van der Waals surface area contributed by atoms with E-state index in [1.165, 1.54) is 12.1 Å². The average Bonchev–Trinajstić information content (AvgIpc) is 3.48. The van der Waals surface area contributed by atoms with Gasteiger partial charge in [-0.3, -0.25) is 4.98 Å². The smallest absolute Gasteiger partial charge is 0.370 e. The Balaban J connectivity index is 1.44. The van der Waals surface area contributed by atoms with Crippen LogP contribution in [0.15, 0.2) is 72.9 Å². The first-order valence-electron chi connectivity index (χ1n) is 14.4. The lowest BCUT2D eigenvalue weighted by Crippen LogP contribution is -2.33. The van der Waals surface area contributed by atoms with Crippen molar-refractivity contribution in [1.82, 2.24) is 14.9 Å². The molecule has 2 aromatic carbocycles. The summed E-state index contributed by atoms with van der Waals surface area (Å²) < 4.78 is 42.7. The molecule has 43 heavy (non-hydrogen) atoms. The van der Waals surface area contributed by atoms with Crippen molar-refractivity contribution < 1.29 is 13.2 Å². The highest BCUT2D eigenvalue weighted by atomic mass is 35.5. The van der Waals surface area contributed by atoms with Gasteiger partial charge in [-0.25, -0.2) is 0 Å². The number of nitrogens with zero attached hydrogens (tertiary/aromatic N) is 4. The van der Waals surface area contributed by atoms with Crippen molar-refractivity contribution in [1.29, 1.82) is 0 Å². The number of pyridine rings is 1. The molecule has 0 saturated carbocycles. The fourth-order valence-electron chi connectivity index (χ4n) is 6.41. The van der Waals surface area contributed by atoms with Gasteiger partial charge in [0.15, 0.2) is 5.11 Å². The zero-order chi connectivity index (χ0) is 30.5. The van der Waals surface area contributed by atoms with Crippen LogP contribution in [0.2, 0.25) is 5.02 Å². The second-order valence-corrected chi connectivity index (χ2v) is 12.3. The number of anilines is 2. The molecule has 2 aromatic heterocycles. The number of hydrogen-bond acceptors (Lipinski definition) is 3. The highest BCUT2D eigenvalue weighted by molar-refractivity contribution is 7.80. The number of aromatic nitrogens is 2. The van der Waals surface area contributed by atoms with Crippen LogP contribution in [0.5, 0.6) is 0 Å². The predicted molar refractivity (Wildman–Crippen MR) is 170 cm³/mol. The molecule has 0 amide bonds. The number of alkyl halides is 3. The van der Waals surface area contributed by atoms with Crippen molar-refractivity contribution in [2.24, 2.45) is 5.92 Å². The third-order valence-electron chi connectivity index (χ3n) is 8.65. The van der Waals surface area contributed by atoms with Crippen molar-refractivity contribution in [2.45, 2.75) is 51.9 Å². The van der Waals surface area contributed by atoms with Crippen LogP contribution in [0.3, 0.4) is 0 Å². The molecule has 1 N–H and O–H groups in total. The first kappa shape index (κ1) is 29.5. The van der Waals surface area contributed by atoms with Gasteiger partial charge in [0.25, 0.3) is 0 Å². The van der Waals surface area contributed by atoms with E-state index in [1.54, 1.807) is 12.3 Å². The summed E-state index contributed by atoms with van der Waals surface area (Å²) in [7, 11) is 0. The van der Waals surface area contributed by atoms with Gasteiger partial charge < -0.3 is 19.7 Å². The summed E-state index contributed by atoms with van der Waals surface area (Å²) in [6, 6.07) is 18.7. The van der Waals surface area contributed by atoms with E-state index in [0.717, 1.165) is 66.0 Å². The van der Waals surface area contributed by atoms with Gasteiger partial charge in [-0.05, 0) is 105 Å². The Labute approximate surface area is 260 Å². The standard InChI is InChI=1S/C33H33ClF3N5S/c1-20-12-15-40(16-13-20)29-11-10-25(19-27(29)34)42-31(30(39-32(42)43)28-9-4-5-14-38-28)26-17-21(2)41(22(26)3)24-8-6-7-23(18-24)33(35,36)37/h4-11,14,17-20,30-31H,12-13,15-16H2,1-3H3,(H,39,43)/t30-,31+/m0/s1. The molecule has 2 saturated heterocycles. The number of rotatable bonds is 5. The van der Waals surface area contributed by atoms with Crippen molar-refractivity contribution in [2.75, 3.05) is 22.9 Å². The largest absolute Gasteiger partial charge is 0.416 e. The van der Waals surface area contributed by atoms with E-state index in [9.17, 15) is 13.2 Å². The second-order valence-electron chi connectivity index (χ2n) is 11.5. The van der Waals surface area contributed by atoms with Crippen LogP contribution >= 0.6 is 23.8 Å². The van der Waals surface area contributed by atoms with Crippen LogP contribution in [-0.4, -0.2) is 27.8 Å². The molecule has 4 aromatic rings. The molecule has 224 valence electrons. The lowest BCUT2D eigenvalue weighted by Gasteiger charge is -2.33. The van der Waals surface area contributed by atoms with Crippen LogP contribution in [-0.2, 0) is 6.18 Å². The zero-order valence-electron chi connectivity index (χ0n) is 24.2. The van der Waals surface area contributed by atoms with Gasteiger partial charge in [0.2, 0.25) is 0 Å². The fraction of sp³-hybridized carbons (Fsp3) is 0.333. The summed E-state index contributed by atoms with van der Waals surface area (Å²) in [5.74, 6) is 0.710. The Kier molecular flexibility index (Phi) is 7.89. The molecule has 4 heterocycles. The minimum absolute atomic E-state index is 0.300. The number of thiocarbonyl (C=S) groups is 1. The molecule has 2 fully saturated rings. The predicted octanol–water partition coefficient (Wildman–Crippen LogP) is 8.57. The number of aryl methyl sites for hydroxylation is 1. The summed E-state index contributed by atoms with van der Waals surface area (Å²) in [6.07, 6.45) is -0.425. The Bertz CT molecular complexity index is 1650. The van der Waals surface area contributed by atoms with Gasteiger partial charge in [0.05, 0.1) is 34.1 Å². The number of piperidine rings is 1. The Morgan fingerprint density at radius 2 is 1.72 bits per heavy atom. The lowest BCUT2D eigenvalue weighted by molar-refractivity contribution is -0.137. The van der Waals surface area contributed by atoms with Crippen molar-refractivity contribution in [3.05, 3.63) is 106 Å². The molecule has 0 aliphatic carbocycles. The van der Waals surface area contributed by atoms with Crippen LogP contribution in [0, 0.1) is 19.8 Å². The zero-order valence-corrected chi connectivity index (χ0v) is 25.8. The normalized spacial score (nSPS) is 19.7. The summed E-state index contributed by atoms with van der Waals surface area (Å²) in [6.45, 7) is 8.06. The fourth-order valence-corrected chi connectivity index (χ4v) is 7.05. The molecule has 6 rings (SSSR count). The molecule has 0 bridgehead atoms. The molecular weight excluding hydrogens is 591 g/mol. The van der Waals surface area contributed by atoms with Gasteiger partial charge in [0, 0.05) is 42.0 Å². The molecule has 0 unspecified atom stereocenters. The summed E-state index contributed by atoms with van der Waals surface area (Å²) >= 11 is 12.9. The molecule has 0 spiro atoms. The first-order valence-corrected chi connectivity index (χ1v) is 15.2. The van der Waals surface area contributed by atoms with Gasteiger partial charge in [0.1, 0.15) is 0 Å². The third kappa shape index (κ3) is 5.60. The summed E-state index contributed by atoms with van der Waals surface area (Å²) in [5.41, 5.74) is 5.00. The third-order valence-corrected chi connectivity index (χ3v) is 9.27. The lowest BCUT2D eigenvalue weighted by atomic mass is 9.96. The highest BCUT2D eigenvalue weighted by Crippen LogP contribution is 2.45. The minimum Gasteiger partial charge on any atom is -0.370 e. The number of halogens is 4. The van der Waals surface area contributed by atoms with Gasteiger partial charge in [-0.15, -0.1) is 0 Å². The van der Waals surface area contributed by atoms with E-state index < -0.39 is 11.7 Å². The monoisotopic (exact) mass is 623 g/mol. The summed E-state index contributed by atoms with van der Waals surface area (Å²) in [4.78, 5) is 9.03. The first-order chi connectivity index (χ1) is 20.5. The van der Waals surface area contributed by atoms with Crippen molar-refractivity contribution in [3.63, 3.8) is 0 Å². The molecule has 10 heteroatoms. The number of hydrogen-bond donors (Lipinski definition) is 1. The van der Waals surface area contributed by atoms with E-state index >= 15 is 0 Å². The van der Waals surface area contributed by atoms with Crippen molar-refractivity contribution in [3.8, 4) is 5.69 Å². The average molecular weight is 624 g/mol. The Hall–Kier alpha value is -3.56. The van der Waals surface area contributed by atoms with Crippen LogP contribution in [0.1, 0.15) is 60.1 Å². The van der Waals surface area contributed by atoms with Crippen LogP contribution in [0.4, 0.5) is 24.5 Å². The maximum atomic E-state index is 13.6. The molecule has 2 aliphatic heterocycles. The van der Waals surface area contributed by atoms with E-state index in [2.05, 4.69) is 33.1 Å². The molecule has 2 atom stereocenters. The maximum Gasteiger partial charge on any atom is 0.416 e. The molecular formula is C33H33ClF3N5S. The minimum atomic E-state index is -4.44. The Morgan fingerprint density at radius 1 is 0.953 bits per heavy atom. The van der Waals surface area contributed by atoms with Crippen molar-refractivity contribution >= 4 is 40.3 Å². The second kappa shape index (κ2) is 11.5. The van der Waals surface area contributed by atoms with Crippen LogP contribution < -0.4 is 15.1 Å². The van der Waals surface area contributed by atoms with E-state index in [4.69, 9.17) is 23.8 Å². The summed E-state index contributed by atoms with van der Waals surface area (Å²) in [5, 5.41) is 4.66.